The Morgan fingerprint density at radius 1 is 1.16 bits per heavy atom. The molecule has 37 heavy (non-hydrogen) atoms. The van der Waals surface area contributed by atoms with Crippen molar-refractivity contribution < 1.29 is 26.4 Å². The standard InChI is InChI=1S/C26H35ClF3N3O3S/c1-4-5-13-37(35,36)33(14-18-8-10-19(27)11-9-18)25-15-24(16-25,17-25)22-31-21(23(2,3)32-22)20(34)7-6-12-26(28,29)30/h8-11,21H,4-7,12-17H2,1-3H3,(H,31,32)/t21-,24?,25?/m0/s1. The number of carbonyl (C=O) groups is 1. The Bertz CT molecular complexity index is 1150. The van der Waals surface area contributed by atoms with E-state index in [1.165, 1.54) is 0 Å². The smallest absolute Gasteiger partial charge is 0.366 e. The number of hydrogen-bond donors (Lipinski definition) is 1. The minimum Gasteiger partial charge on any atom is -0.366 e. The van der Waals surface area contributed by atoms with Crippen LogP contribution in [0.2, 0.25) is 5.02 Å². The van der Waals surface area contributed by atoms with Gasteiger partial charge >= 0.3 is 6.18 Å². The van der Waals surface area contributed by atoms with Gasteiger partial charge in [0.1, 0.15) is 11.9 Å². The van der Waals surface area contributed by atoms with E-state index in [0.29, 0.717) is 36.5 Å². The molecule has 1 atom stereocenters. The fourth-order valence-electron chi connectivity index (χ4n) is 6.04. The number of Topliss-reactive ketones (excluding diaryl/α,β-unsaturated/α-hetero) is 1. The molecule has 1 heterocycles. The van der Waals surface area contributed by atoms with Crippen molar-refractivity contribution in [2.24, 2.45) is 10.4 Å². The van der Waals surface area contributed by atoms with Crippen molar-refractivity contribution in [3.8, 4) is 0 Å². The first-order valence-electron chi connectivity index (χ1n) is 12.8. The summed E-state index contributed by atoms with van der Waals surface area (Å²) in [5.74, 6) is 0.475. The second-order valence-corrected chi connectivity index (χ2v) is 13.9. The monoisotopic (exact) mass is 561 g/mol. The average Bonchev–Trinajstić information content (AvgIpc) is 3.05. The number of ketones is 1. The van der Waals surface area contributed by atoms with E-state index in [4.69, 9.17) is 11.6 Å². The Kier molecular flexibility index (Phi) is 7.53. The van der Waals surface area contributed by atoms with E-state index < -0.39 is 39.7 Å². The first kappa shape index (κ1) is 28.4. The highest BCUT2D eigenvalue weighted by molar-refractivity contribution is 7.89. The molecule has 5 rings (SSSR count). The molecule has 0 amide bonds. The van der Waals surface area contributed by atoms with Crippen molar-refractivity contribution in [2.75, 3.05) is 5.75 Å². The number of alkyl halides is 3. The lowest BCUT2D eigenvalue weighted by atomic mass is 9.38. The number of nitrogens with one attached hydrogen (secondary N) is 1. The third kappa shape index (κ3) is 5.71. The van der Waals surface area contributed by atoms with Gasteiger partial charge in [-0.05, 0) is 63.6 Å². The molecular formula is C26H35ClF3N3O3S. The van der Waals surface area contributed by atoms with Crippen molar-refractivity contribution in [3.63, 3.8) is 0 Å². The Morgan fingerprint density at radius 2 is 1.78 bits per heavy atom. The molecule has 1 N–H and O–H groups in total. The van der Waals surface area contributed by atoms with Crippen LogP contribution in [0, 0.1) is 5.41 Å². The third-order valence-electron chi connectivity index (χ3n) is 7.94. The van der Waals surface area contributed by atoms with Crippen LogP contribution < -0.4 is 5.32 Å². The largest absolute Gasteiger partial charge is 0.389 e. The zero-order chi connectivity index (χ0) is 27.3. The molecule has 1 aromatic rings. The highest BCUT2D eigenvalue weighted by atomic mass is 35.5. The maximum atomic E-state index is 13.4. The van der Waals surface area contributed by atoms with E-state index >= 15 is 0 Å². The summed E-state index contributed by atoms with van der Waals surface area (Å²) in [5, 5.41) is 3.94. The van der Waals surface area contributed by atoms with Gasteiger partial charge in [-0.25, -0.2) is 8.42 Å². The average molecular weight is 562 g/mol. The number of carbonyl (C=O) groups excluding carboxylic acids is 1. The summed E-state index contributed by atoms with van der Waals surface area (Å²) >= 11 is 6.01. The predicted octanol–water partition coefficient (Wildman–Crippen LogP) is 5.65. The van der Waals surface area contributed by atoms with Crippen molar-refractivity contribution in [2.45, 2.75) is 102 Å². The molecule has 0 radical (unpaired) electrons. The van der Waals surface area contributed by atoms with Gasteiger partial charge in [-0.1, -0.05) is 37.1 Å². The summed E-state index contributed by atoms with van der Waals surface area (Å²) < 4.78 is 66.0. The Hall–Kier alpha value is -1.65. The molecule has 206 valence electrons. The van der Waals surface area contributed by atoms with Gasteiger partial charge in [0, 0.05) is 35.4 Å². The zero-order valence-electron chi connectivity index (χ0n) is 21.5. The van der Waals surface area contributed by atoms with E-state index in [9.17, 15) is 26.4 Å². The van der Waals surface area contributed by atoms with Gasteiger partial charge in [-0.15, -0.1) is 0 Å². The molecule has 1 aromatic carbocycles. The van der Waals surface area contributed by atoms with E-state index in [-0.39, 0.29) is 36.3 Å². The summed E-state index contributed by atoms with van der Waals surface area (Å²) in [6.45, 7) is 5.89. The molecular weight excluding hydrogens is 527 g/mol. The van der Waals surface area contributed by atoms with Crippen molar-refractivity contribution in [1.82, 2.24) is 9.62 Å². The molecule has 6 nitrogen and oxygen atoms in total. The van der Waals surface area contributed by atoms with Crippen molar-refractivity contribution >= 4 is 33.2 Å². The number of aliphatic imine (C=N–C) groups is 1. The fraction of sp³-hybridized carbons (Fsp3) is 0.692. The zero-order valence-corrected chi connectivity index (χ0v) is 23.1. The maximum absolute atomic E-state index is 13.4. The molecule has 0 saturated heterocycles. The van der Waals surface area contributed by atoms with Gasteiger partial charge in [0.2, 0.25) is 10.0 Å². The van der Waals surface area contributed by atoms with Crippen LogP contribution >= 0.6 is 11.6 Å². The minimum atomic E-state index is -4.28. The second kappa shape index (κ2) is 9.83. The first-order chi connectivity index (χ1) is 17.1. The van der Waals surface area contributed by atoms with E-state index in [0.717, 1.165) is 12.0 Å². The van der Waals surface area contributed by atoms with Crippen LogP contribution in [0.4, 0.5) is 13.2 Å². The summed E-state index contributed by atoms with van der Waals surface area (Å²) in [5.41, 5.74) is -0.652. The SMILES string of the molecule is CCCCS(=O)(=O)N(Cc1ccc(Cl)cc1)C12CC(C3=N[C@@H](C(=O)CCCC(F)(F)F)C(C)(C)N3)(C1)C2. The molecule has 0 aromatic heterocycles. The van der Waals surface area contributed by atoms with Crippen LogP contribution in [-0.4, -0.2) is 53.4 Å². The molecule has 3 saturated carbocycles. The molecule has 0 unspecified atom stereocenters. The predicted molar refractivity (Wildman–Crippen MR) is 138 cm³/mol. The first-order valence-corrected chi connectivity index (χ1v) is 14.8. The molecule has 3 fully saturated rings. The minimum absolute atomic E-state index is 0.0899. The lowest BCUT2D eigenvalue weighted by molar-refractivity contribution is -0.151. The normalized spacial score (nSPS) is 28.3. The van der Waals surface area contributed by atoms with Crippen LogP contribution in [0.3, 0.4) is 0 Å². The van der Waals surface area contributed by atoms with Gasteiger partial charge in [-0.2, -0.15) is 17.5 Å². The Balaban J connectivity index is 1.48. The van der Waals surface area contributed by atoms with Crippen molar-refractivity contribution in [1.29, 1.82) is 0 Å². The molecule has 1 aliphatic heterocycles. The number of nitrogens with zero attached hydrogens (tertiary/aromatic N) is 2. The van der Waals surface area contributed by atoms with Gasteiger partial charge in [0.15, 0.2) is 5.78 Å². The number of amidine groups is 1. The molecule has 2 bridgehead atoms. The number of halogens is 4. The number of sulfonamides is 1. The summed E-state index contributed by atoms with van der Waals surface area (Å²) in [4.78, 5) is 17.4. The summed E-state index contributed by atoms with van der Waals surface area (Å²) in [7, 11) is -3.50. The molecule has 4 aliphatic rings. The number of rotatable bonds is 12. The molecule has 3 aliphatic carbocycles. The van der Waals surface area contributed by atoms with Crippen LogP contribution in [0.1, 0.15) is 77.7 Å². The molecule has 0 spiro atoms. The summed E-state index contributed by atoms with van der Waals surface area (Å²) in [6.07, 6.45) is -2.51. The Morgan fingerprint density at radius 3 is 2.35 bits per heavy atom. The molecule has 11 heteroatoms. The van der Waals surface area contributed by atoms with Crippen LogP contribution in [0.5, 0.6) is 0 Å². The van der Waals surface area contributed by atoms with Crippen LogP contribution in [0.15, 0.2) is 29.3 Å². The quantitative estimate of drug-likeness (QED) is 0.358. The number of benzene rings is 1. The maximum Gasteiger partial charge on any atom is 0.389 e. The summed E-state index contributed by atoms with van der Waals surface area (Å²) in [6, 6.07) is 6.43. The van der Waals surface area contributed by atoms with Crippen LogP contribution in [-0.2, 0) is 21.4 Å². The lowest BCUT2D eigenvalue weighted by Gasteiger charge is -2.73. The highest BCUT2D eigenvalue weighted by Gasteiger charge is 2.75. The van der Waals surface area contributed by atoms with Gasteiger partial charge < -0.3 is 5.32 Å². The van der Waals surface area contributed by atoms with Gasteiger partial charge in [0.25, 0.3) is 0 Å². The van der Waals surface area contributed by atoms with E-state index in [2.05, 4.69) is 10.3 Å². The van der Waals surface area contributed by atoms with E-state index in [1.807, 2.05) is 32.9 Å². The van der Waals surface area contributed by atoms with Gasteiger partial charge in [-0.3, -0.25) is 9.79 Å². The topological polar surface area (TPSA) is 78.8 Å². The second-order valence-electron chi connectivity index (χ2n) is 11.5. The Labute approximate surface area is 222 Å². The third-order valence-corrected chi connectivity index (χ3v) is 10.2. The van der Waals surface area contributed by atoms with E-state index in [1.54, 1.807) is 16.4 Å². The van der Waals surface area contributed by atoms with Crippen molar-refractivity contribution in [3.05, 3.63) is 34.9 Å². The fourth-order valence-corrected chi connectivity index (χ4v) is 8.17. The number of unbranched alkanes of at least 4 members (excludes halogenated alkanes) is 1. The van der Waals surface area contributed by atoms with Crippen LogP contribution in [0.25, 0.3) is 0 Å². The lowest BCUT2D eigenvalue weighted by Crippen LogP contribution is -2.78. The highest BCUT2D eigenvalue weighted by Crippen LogP contribution is 2.71. The number of hydrogen-bond acceptors (Lipinski definition) is 5. The van der Waals surface area contributed by atoms with Gasteiger partial charge in [0.05, 0.1) is 11.3 Å².